The molecule has 0 aliphatic carbocycles. The smallest absolute Gasteiger partial charge is 0.336 e. The van der Waals surface area contributed by atoms with Gasteiger partial charge in [-0.3, -0.25) is 0 Å². The number of hydrogen-bond acceptors (Lipinski definition) is 5. The van der Waals surface area contributed by atoms with E-state index in [1.807, 2.05) is 61.5 Å². The quantitative estimate of drug-likeness (QED) is 0.424. The Hall–Kier alpha value is -3.12. The van der Waals surface area contributed by atoms with Crippen LogP contribution in [0.25, 0.3) is 21.7 Å². The summed E-state index contributed by atoms with van der Waals surface area (Å²) in [5.74, 6) is 0. The van der Waals surface area contributed by atoms with Crippen molar-refractivity contribution in [2.45, 2.75) is 4.90 Å². The molecule has 0 atom stereocenters. The van der Waals surface area contributed by atoms with Gasteiger partial charge in [-0.15, -0.1) is 0 Å². The summed E-state index contributed by atoms with van der Waals surface area (Å²) in [5, 5.41) is 2.70. The maximum atomic E-state index is 11.1. The van der Waals surface area contributed by atoms with E-state index in [1.165, 1.54) is 6.07 Å². The van der Waals surface area contributed by atoms with Gasteiger partial charge >= 0.3 is 5.63 Å². The minimum Gasteiger partial charge on any atom is -0.423 e. The largest absolute Gasteiger partial charge is 0.423 e. The van der Waals surface area contributed by atoms with E-state index in [1.54, 1.807) is 24.3 Å². The van der Waals surface area contributed by atoms with Gasteiger partial charge in [0.15, 0.2) is 10.7 Å². The lowest BCUT2D eigenvalue weighted by Crippen LogP contribution is -2.08. The average molecular weight is 381 g/mol. The van der Waals surface area contributed by atoms with Crippen LogP contribution >= 0.6 is 0 Å². The van der Waals surface area contributed by atoms with Crippen LogP contribution in [0.1, 0.15) is 0 Å². The Labute approximate surface area is 158 Å². The average Bonchev–Trinajstić information content (AvgIpc) is 2.67. The van der Waals surface area contributed by atoms with Crippen LogP contribution in [0.2, 0.25) is 0 Å². The molecule has 5 nitrogen and oxygen atoms in total. The highest BCUT2D eigenvalue weighted by Gasteiger charge is 2.07. The van der Waals surface area contributed by atoms with E-state index in [0.717, 1.165) is 21.8 Å². The van der Waals surface area contributed by atoms with Gasteiger partial charge in [0.1, 0.15) is 5.58 Å². The van der Waals surface area contributed by atoms with Crippen LogP contribution in [0.4, 0.5) is 5.69 Å². The lowest BCUT2D eigenvalue weighted by Gasteiger charge is -2.15. The van der Waals surface area contributed by atoms with E-state index in [4.69, 9.17) is 4.42 Å². The zero-order chi connectivity index (χ0) is 19.4. The molecule has 0 radical (unpaired) electrons. The molecule has 0 fully saturated rings. The molecule has 0 aliphatic heterocycles. The Kier molecular flexibility index (Phi) is 5.57. The highest BCUT2D eigenvalue weighted by molar-refractivity contribution is 7.72. The fourth-order valence-corrected chi connectivity index (χ4v) is 3.44. The van der Waals surface area contributed by atoms with Gasteiger partial charge in [0.05, 0.1) is 4.90 Å². The van der Waals surface area contributed by atoms with Crippen molar-refractivity contribution in [3.8, 4) is 0 Å². The van der Waals surface area contributed by atoms with Crippen LogP contribution in [0.5, 0.6) is 0 Å². The molecule has 138 valence electrons. The van der Waals surface area contributed by atoms with Crippen LogP contribution in [0, 0.1) is 0 Å². The number of benzene rings is 3. The number of thiol groups is 1. The molecule has 0 aliphatic rings. The molecule has 1 heterocycles. The van der Waals surface area contributed by atoms with E-state index >= 15 is 0 Å². The monoisotopic (exact) mass is 381 g/mol. The first kappa shape index (κ1) is 18.7. The zero-order valence-electron chi connectivity index (χ0n) is 15.0. The summed E-state index contributed by atoms with van der Waals surface area (Å²) in [4.78, 5) is 13.1. The predicted octanol–water partition coefficient (Wildman–Crippen LogP) is 3.67. The number of nitrogens with zero attached hydrogens (tertiary/aromatic N) is 1. The maximum Gasteiger partial charge on any atom is 0.336 e. The molecule has 4 rings (SSSR count). The van der Waals surface area contributed by atoms with Crippen molar-refractivity contribution in [2.75, 3.05) is 19.0 Å². The third kappa shape index (κ3) is 4.17. The van der Waals surface area contributed by atoms with Gasteiger partial charge in [0.2, 0.25) is 0 Å². The predicted molar refractivity (Wildman–Crippen MR) is 109 cm³/mol. The van der Waals surface area contributed by atoms with Crippen molar-refractivity contribution in [3.63, 3.8) is 0 Å². The second-order valence-corrected chi connectivity index (χ2v) is 7.09. The summed E-state index contributed by atoms with van der Waals surface area (Å²) < 4.78 is 27.1. The van der Waals surface area contributed by atoms with Gasteiger partial charge < -0.3 is 9.32 Å². The van der Waals surface area contributed by atoms with Crippen molar-refractivity contribution in [1.82, 2.24) is 0 Å². The second-order valence-electron chi connectivity index (χ2n) is 6.09. The molecule has 0 saturated carbocycles. The summed E-state index contributed by atoms with van der Waals surface area (Å²) in [6, 6.07) is 21.6. The number of hydrogen-bond donors (Lipinski definition) is 1. The Morgan fingerprint density at radius 1 is 0.778 bits per heavy atom. The molecule has 1 aromatic heterocycles. The first-order valence-electron chi connectivity index (χ1n) is 8.30. The summed E-state index contributed by atoms with van der Waals surface area (Å²) >= 11 is 0. The molecule has 6 heteroatoms. The molecular weight excluding hydrogens is 362 g/mol. The van der Waals surface area contributed by atoms with Crippen molar-refractivity contribution in [2.24, 2.45) is 0 Å². The van der Waals surface area contributed by atoms with Crippen molar-refractivity contribution in [3.05, 3.63) is 83.2 Å². The van der Waals surface area contributed by atoms with Crippen LogP contribution in [0.15, 0.2) is 86.9 Å². The number of anilines is 1. The van der Waals surface area contributed by atoms with E-state index in [2.05, 4.69) is 0 Å². The van der Waals surface area contributed by atoms with Crippen LogP contribution in [0.3, 0.4) is 0 Å². The fourth-order valence-electron chi connectivity index (χ4n) is 2.84. The number of rotatable bonds is 2. The zero-order valence-corrected chi connectivity index (χ0v) is 15.9. The van der Waals surface area contributed by atoms with Crippen LogP contribution in [-0.2, 0) is 10.7 Å². The molecule has 0 saturated heterocycles. The Balaban J connectivity index is 0.000000166. The van der Waals surface area contributed by atoms with Crippen molar-refractivity contribution in [1.29, 1.82) is 0 Å². The second kappa shape index (κ2) is 8.05. The van der Waals surface area contributed by atoms with Crippen molar-refractivity contribution < 1.29 is 12.8 Å². The van der Waals surface area contributed by atoms with Gasteiger partial charge in [0.25, 0.3) is 0 Å². The lowest BCUT2D eigenvalue weighted by atomic mass is 10.1. The Morgan fingerprint density at radius 2 is 1.48 bits per heavy atom. The SMILES string of the molecule is CN(C)c1cccc2c([SH](=O)=O)cccc12.O=c1ccc2ccccc2o1. The highest BCUT2D eigenvalue weighted by atomic mass is 32.2. The first-order chi connectivity index (χ1) is 13.0. The normalized spacial score (nSPS) is 10.6. The molecular formula is C21H19NO4S. The molecule has 27 heavy (non-hydrogen) atoms. The Morgan fingerprint density at radius 3 is 2.22 bits per heavy atom. The first-order valence-corrected chi connectivity index (χ1v) is 9.47. The summed E-state index contributed by atoms with van der Waals surface area (Å²) in [5.41, 5.74) is 1.36. The summed E-state index contributed by atoms with van der Waals surface area (Å²) in [7, 11) is 1.34. The molecule has 4 aromatic rings. The standard InChI is InChI=1S/C12H13NO2S.C9H6O2/c1-13(2)11-7-3-6-10-9(11)5-4-8-12(10)16(14)15;10-9-6-5-7-3-1-2-4-8(7)11-9/h3-8,16H,1-2H3;1-6H. The number of para-hydroxylation sites is 1. The van der Waals surface area contributed by atoms with Gasteiger partial charge in [-0.1, -0.05) is 42.5 Å². The third-order valence-electron chi connectivity index (χ3n) is 4.08. The summed E-state index contributed by atoms with van der Waals surface area (Å²) in [6.07, 6.45) is 0. The third-order valence-corrected chi connectivity index (χ3v) is 4.87. The lowest BCUT2D eigenvalue weighted by molar-refractivity contribution is 0.561. The van der Waals surface area contributed by atoms with Gasteiger partial charge in [0, 0.05) is 42.0 Å². The van der Waals surface area contributed by atoms with Gasteiger partial charge in [-0.25, -0.2) is 13.2 Å². The highest BCUT2D eigenvalue weighted by Crippen LogP contribution is 2.28. The fraction of sp³-hybridized carbons (Fsp3) is 0.0952. The Bertz CT molecular complexity index is 1220. The molecule has 0 spiro atoms. The van der Waals surface area contributed by atoms with Crippen LogP contribution < -0.4 is 10.5 Å². The van der Waals surface area contributed by atoms with E-state index in [0.29, 0.717) is 10.5 Å². The van der Waals surface area contributed by atoms with Gasteiger partial charge in [-0.2, -0.15) is 0 Å². The molecule has 0 N–H and O–H groups in total. The molecule has 3 aromatic carbocycles. The minimum atomic E-state index is -2.55. The summed E-state index contributed by atoms with van der Waals surface area (Å²) in [6.45, 7) is 0. The van der Waals surface area contributed by atoms with E-state index < -0.39 is 10.7 Å². The van der Waals surface area contributed by atoms with E-state index in [-0.39, 0.29) is 5.63 Å². The van der Waals surface area contributed by atoms with Gasteiger partial charge in [-0.05, 0) is 24.3 Å². The number of fused-ring (bicyclic) bond motifs is 2. The molecule has 0 unspecified atom stereocenters. The maximum absolute atomic E-state index is 11.1. The molecule has 0 bridgehead atoms. The van der Waals surface area contributed by atoms with Crippen molar-refractivity contribution >= 4 is 38.1 Å². The van der Waals surface area contributed by atoms with Crippen LogP contribution in [-0.4, -0.2) is 22.5 Å². The molecule has 0 amide bonds. The van der Waals surface area contributed by atoms with E-state index in [9.17, 15) is 13.2 Å². The topological polar surface area (TPSA) is 67.6 Å². The minimum absolute atomic E-state index is 0.302.